The third kappa shape index (κ3) is 1.80. The van der Waals surface area contributed by atoms with Crippen LogP contribution in [0.3, 0.4) is 0 Å². The van der Waals surface area contributed by atoms with Crippen LogP contribution in [0.5, 0.6) is 5.75 Å². The molecule has 0 aromatic heterocycles. The van der Waals surface area contributed by atoms with Gasteiger partial charge >= 0.3 is 0 Å². The summed E-state index contributed by atoms with van der Waals surface area (Å²) < 4.78 is 32.6. The molecule has 2 atom stereocenters. The summed E-state index contributed by atoms with van der Waals surface area (Å²) in [6, 6.07) is 2.45. The molecule has 1 fully saturated rings. The lowest BCUT2D eigenvalue weighted by Crippen LogP contribution is -2.05. The number of ether oxygens (including phenoxy) is 1. The van der Waals surface area contributed by atoms with Gasteiger partial charge in [0.25, 0.3) is 0 Å². The normalized spacial score (nSPS) is 25.8. The van der Waals surface area contributed by atoms with Gasteiger partial charge in [0.15, 0.2) is 0 Å². The molecule has 94 valence electrons. The lowest BCUT2D eigenvalue weighted by Gasteiger charge is -2.08. The van der Waals surface area contributed by atoms with Crippen LogP contribution in [0, 0.1) is 23.0 Å². The van der Waals surface area contributed by atoms with E-state index in [-0.39, 0.29) is 28.6 Å². The van der Waals surface area contributed by atoms with Gasteiger partial charge in [-0.2, -0.15) is 0 Å². The molecule has 1 saturated carbocycles. The largest absolute Gasteiger partial charge is 0.497 e. The molecule has 0 radical (unpaired) electrons. The van der Waals surface area contributed by atoms with Crippen molar-refractivity contribution < 1.29 is 13.5 Å². The lowest BCUT2D eigenvalue weighted by atomic mass is 10.0. The Hall–Kier alpha value is -1.16. The Balaban J connectivity index is 2.41. The van der Waals surface area contributed by atoms with Gasteiger partial charge in [-0.05, 0) is 23.8 Å². The third-order valence-electron chi connectivity index (χ3n) is 3.90. The van der Waals surface area contributed by atoms with Crippen molar-refractivity contribution >= 4 is 0 Å². The maximum Gasteiger partial charge on any atom is 0.133 e. The van der Waals surface area contributed by atoms with Crippen LogP contribution >= 0.6 is 0 Å². The van der Waals surface area contributed by atoms with E-state index in [0.29, 0.717) is 6.54 Å². The highest BCUT2D eigenvalue weighted by Crippen LogP contribution is 2.64. The van der Waals surface area contributed by atoms with Crippen LogP contribution in [0.4, 0.5) is 8.78 Å². The number of hydrogen-bond acceptors (Lipinski definition) is 2. The zero-order valence-corrected chi connectivity index (χ0v) is 10.3. The molecule has 2 nitrogen and oxygen atoms in total. The Morgan fingerprint density at radius 3 is 2.18 bits per heavy atom. The highest BCUT2D eigenvalue weighted by molar-refractivity contribution is 5.38. The predicted octanol–water partition coefficient (Wildman–Crippen LogP) is 2.67. The fraction of sp³-hybridized carbons (Fsp3) is 0.538. The zero-order valence-electron chi connectivity index (χ0n) is 10.3. The summed E-state index contributed by atoms with van der Waals surface area (Å²) in [5.41, 5.74) is 5.63. The summed E-state index contributed by atoms with van der Waals surface area (Å²) in [6.07, 6.45) is 0. The SMILES string of the molecule is COc1cc(F)c(C2C(CN)C2(C)C)c(F)c1. The topological polar surface area (TPSA) is 35.2 Å². The molecular formula is C13H17F2NO. The second-order valence-electron chi connectivity index (χ2n) is 5.15. The second-order valence-corrected chi connectivity index (χ2v) is 5.15. The highest BCUT2D eigenvalue weighted by Gasteiger charge is 2.59. The minimum Gasteiger partial charge on any atom is -0.497 e. The van der Waals surface area contributed by atoms with Gasteiger partial charge in [0, 0.05) is 17.7 Å². The molecular weight excluding hydrogens is 224 g/mol. The molecule has 1 aliphatic rings. The number of nitrogens with two attached hydrogens (primary N) is 1. The Morgan fingerprint density at radius 2 is 1.82 bits per heavy atom. The first-order valence-electron chi connectivity index (χ1n) is 5.66. The predicted molar refractivity (Wildman–Crippen MR) is 62.0 cm³/mol. The maximum atomic E-state index is 13.9. The zero-order chi connectivity index (χ0) is 12.8. The van der Waals surface area contributed by atoms with E-state index in [1.165, 1.54) is 19.2 Å². The van der Waals surface area contributed by atoms with Crippen molar-refractivity contribution in [2.45, 2.75) is 19.8 Å². The number of rotatable bonds is 3. The first kappa shape index (κ1) is 12.3. The van der Waals surface area contributed by atoms with Gasteiger partial charge in [-0.1, -0.05) is 13.8 Å². The molecule has 4 heteroatoms. The van der Waals surface area contributed by atoms with Crippen molar-refractivity contribution in [3.05, 3.63) is 29.3 Å². The fourth-order valence-electron chi connectivity index (χ4n) is 2.73. The van der Waals surface area contributed by atoms with E-state index < -0.39 is 11.6 Å². The molecule has 0 bridgehead atoms. The Bertz CT molecular complexity index is 422. The molecule has 1 aliphatic carbocycles. The smallest absolute Gasteiger partial charge is 0.133 e. The van der Waals surface area contributed by atoms with Crippen LogP contribution in [-0.2, 0) is 0 Å². The monoisotopic (exact) mass is 241 g/mol. The molecule has 1 aromatic carbocycles. The minimum atomic E-state index is -0.545. The van der Waals surface area contributed by atoms with E-state index in [4.69, 9.17) is 10.5 Å². The van der Waals surface area contributed by atoms with E-state index in [1.807, 2.05) is 13.8 Å². The van der Waals surface area contributed by atoms with Crippen molar-refractivity contribution in [1.82, 2.24) is 0 Å². The Morgan fingerprint density at radius 1 is 1.29 bits per heavy atom. The van der Waals surface area contributed by atoms with Gasteiger partial charge in [-0.25, -0.2) is 8.78 Å². The Kier molecular flexibility index (Phi) is 2.86. The molecule has 2 N–H and O–H groups in total. The first-order chi connectivity index (χ1) is 7.93. The fourth-order valence-corrected chi connectivity index (χ4v) is 2.73. The van der Waals surface area contributed by atoms with Crippen LogP contribution in [0.1, 0.15) is 25.3 Å². The van der Waals surface area contributed by atoms with Gasteiger partial charge in [0.1, 0.15) is 17.4 Å². The summed E-state index contributed by atoms with van der Waals surface area (Å²) >= 11 is 0. The van der Waals surface area contributed by atoms with Gasteiger partial charge in [0.05, 0.1) is 7.11 Å². The summed E-state index contributed by atoms with van der Waals surface area (Å²) in [5.74, 6) is -0.892. The average Bonchev–Trinajstić information content (AvgIpc) is 2.79. The van der Waals surface area contributed by atoms with Crippen molar-refractivity contribution in [2.24, 2.45) is 17.1 Å². The summed E-state index contributed by atoms with van der Waals surface area (Å²) in [5, 5.41) is 0. The summed E-state index contributed by atoms with van der Waals surface area (Å²) in [7, 11) is 1.39. The molecule has 0 amide bonds. The van der Waals surface area contributed by atoms with Gasteiger partial charge in [0.2, 0.25) is 0 Å². The van der Waals surface area contributed by atoms with Crippen LogP contribution in [0.25, 0.3) is 0 Å². The molecule has 0 saturated heterocycles. The summed E-state index contributed by atoms with van der Waals surface area (Å²) in [6.45, 7) is 4.42. The van der Waals surface area contributed by atoms with Crippen LogP contribution in [0.2, 0.25) is 0 Å². The van der Waals surface area contributed by atoms with E-state index in [9.17, 15) is 8.78 Å². The molecule has 2 unspecified atom stereocenters. The molecule has 0 heterocycles. The molecule has 17 heavy (non-hydrogen) atoms. The number of hydrogen-bond donors (Lipinski definition) is 1. The molecule has 2 rings (SSSR count). The van der Waals surface area contributed by atoms with Crippen molar-refractivity contribution in [1.29, 1.82) is 0 Å². The van der Waals surface area contributed by atoms with Gasteiger partial charge in [-0.15, -0.1) is 0 Å². The third-order valence-corrected chi connectivity index (χ3v) is 3.90. The average molecular weight is 241 g/mol. The lowest BCUT2D eigenvalue weighted by molar-refractivity contribution is 0.404. The van der Waals surface area contributed by atoms with Crippen LogP contribution in [-0.4, -0.2) is 13.7 Å². The van der Waals surface area contributed by atoms with Gasteiger partial charge < -0.3 is 10.5 Å². The maximum absolute atomic E-state index is 13.9. The number of benzene rings is 1. The van der Waals surface area contributed by atoms with E-state index in [1.54, 1.807) is 0 Å². The van der Waals surface area contributed by atoms with Crippen molar-refractivity contribution in [3.63, 3.8) is 0 Å². The molecule has 0 aliphatic heterocycles. The van der Waals surface area contributed by atoms with Gasteiger partial charge in [-0.3, -0.25) is 0 Å². The number of halogens is 2. The summed E-state index contributed by atoms with van der Waals surface area (Å²) in [4.78, 5) is 0. The Labute approximate surface area is 99.8 Å². The standard InChI is InChI=1S/C13H17F2NO/c1-13(2)8(6-16)12(13)11-9(14)4-7(17-3)5-10(11)15/h4-5,8,12H,6,16H2,1-3H3. The first-order valence-corrected chi connectivity index (χ1v) is 5.66. The highest BCUT2D eigenvalue weighted by atomic mass is 19.1. The quantitative estimate of drug-likeness (QED) is 0.883. The minimum absolute atomic E-state index is 0.134. The van der Waals surface area contributed by atoms with E-state index in [0.717, 1.165) is 0 Å². The van der Waals surface area contributed by atoms with Crippen molar-refractivity contribution in [2.75, 3.05) is 13.7 Å². The number of methoxy groups -OCH3 is 1. The van der Waals surface area contributed by atoms with Crippen LogP contribution in [0.15, 0.2) is 12.1 Å². The van der Waals surface area contributed by atoms with Crippen molar-refractivity contribution in [3.8, 4) is 5.75 Å². The van der Waals surface area contributed by atoms with Crippen LogP contribution < -0.4 is 10.5 Å². The molecule has 1 aromatic rings. The van der Waals surface area contributed by atoms with E-state index in [2.05, 4.69) is 0 Å². The second kappa shape index (κ2) is 3.95. The molecule has 0 spiro atoms. The van der Waals surface area contributed by atoms with E-state index >= 15 is 0 Å².